The predicted octanol–water partition coefficient (Wildman–Crippen LogP) is 4.58. The molecule has 0 unspecified atom stereocenters. The van der Waals surface area contributed by atoms with Crippen molar-refractivity contribution >= 4 is 16.7 Å². The quantitative estimate of drug-likeness (QED) is 0.290. The van der Waals surface area contributed by atoms with Gasteiger partial charge in [-0.15, -0.1) is 0 Å². The Morgan fingerprint density at radius 3 is 2.36 bits per heavy atom. The third-order valence-corrected chi connectivity index (χ3v) is 5.98. The van der Waals surface area contributed by atoms with E-state index in [1.807, 2.05) is 59.5 Å². The van der Waals surface area contributed by atoms with Gasteiger partial charge in [0.05, 0.1) is 24.2 Å². The Morgan fingerprint density at radius 2 is 1.64 bits per heavy atom. The monoisotopic (exact) mass is 487 g/mol. The lowest BCUT2D eigenvalue weighted by atomic mass is 10.0. The van der Waals surface area contributed by atoms with E-state index < -0.39 is 0 Å². The van der Waals surface area contributed by atoms with Crippen LogP contribution in [0, 0.1) is 5.82 Å². The molecule has 1 heterocycles. The summed E-state index contributed by atoms with van der Waals surface area (Å²) >= 11 is 0. The topological polar surface area (TPSA) is 64.4 Å². The first-order valence-corrected chi connectivity index (χ1v) is 12.2. The molecule has 0 fully saturated rings. The van der Waals surface area contributed by atoms with E-state index in [1.165, 1.54) is 16.8 Å². The number of aromatic nitrogens is 2. The first-order chi connectivity index (χ1) is 17.5. The van der Waals surface area contributed by atoms with Crippen LogP contribution in [0.25, 0.3) is 10.8 Å². The highest BCUT2D eigenvalue weighted by Crippen LogP contribution is 2.17. The van der Waals surface area contributed by atoms with Gasteiger partial charge in [-0.2, -0.15) is 5.10 Å². The molecule has 6 nitrogen and oxygen atoms in total. The van der Waals surface area contributed by atoms with Gasteiger partial charge >= 0.3 is 5.97 Å². The lowest BCUT2D eigenvalue weighted by Gasteiger charge is -2.21. The van der Waals surface area contributed by atoms with Crippen molar-refractivity contribution < 1.29 is 13.9 Å². The number of fused-ring (bicyclic) bond motifs is 1. The van der Waals surface area contributed by atoms with E-state index in [2.05, 4.69) is 5.10 Å². The Labute approximate surface area is 209 Å². The molecule has 0 aliphatic carbocycles. The van der Waals surface area contributed by atoms with Crippen molar-refractivity contribution in [2.24, 2.45) is 0 Å². The maximum atomic E-state index is 13.4. The van der Waals surface area contributed by atoms with Gasteiger partial charge in [-0.1, -0.05) is 60.7 Å². The largest absolute Gasteiger partial charge is 0.465 e. The standard InChI is InChI=1S/C29H30FN3O3/c1-2-36-28(34)21-32(20-23-9-4-3-5-10-23)17-8-18-33-29(35)26-12-7-6-11-25(26)27(31-33)19-22-13-15-24(30)16-14-22/h3-7,9-16H,2,8,17-21H2,1H3. The second-order valence-corrected chi connectivity index (χ2v) is 8.68. The summed E-state index contributed by atoms with van der Waals surface area (Å²) in [4.78, 5) is 27.4. The van der Waals surface area contributed by atoms with Crippen LogP contribution in [-0.2, 0) is 29.0 Å². The molecular formula is C29H30FN3O3. The molecule has 0 atom stereocenters. The molecule has 3 aromatic carbocycles. The molecular weight excluding hydrogens is 457 g/mol. The second kappa shape index (κ2) is 12.2. The Hall–Kier alpha value is -3.84. The minimum Gasteiger partial charge on any atom is -0.465 e. The van der Waals surface area contributed by atoms with Gasteiger partial charge < -0.3 is 4.74 Å². The summed E-state index contributed by atoms with van der Waals surface area (Å²) < 4.78 is 20.0. The first-order valence-electron chi connectivity index (χ1n) is 12.2. The van der Waals surface area contributed by atoms with Crippen molar-refractivity contribution in [3.8, 4) is 0 Å². The number of rotatable bonds is 11. The van der Waals surface area contributed by atoms with Gasteiger partial charge in [-0.25, -0.2) is 9.07 Å². The van der Waals surface area contributed by atoms with E-state index in [4.69, 9.17) is 4.74 Å². The minimum absolute atomic E-state index is 0.145. The molecule has 36 heavy (non-hydrogen) atoms. The van der Waals surface area contributed by atoms with Crippen molar-refractivity contribution in [3.63, 3.8) is 0 Å². The fraction of sp³-hybridized carbons (Fsp3) is 0.276. The van der Waals surface area contributed by atoms with E-state index in [0.717, 1.165) is 22.2 Å². The van der Waals surface area contributed by atoms with Crippen LogP contribution >= 0.6 is 0 Å². The highest BCUT2D eigenvalue weighted by molar-refractivity contribution is 5.83. The molecule has 4 aromatic rings. The van der Waals surface area contributed by atoms with Gasteiger partial charge in [-0.3, -0.25) is 14.5 Å². The molecule has 0 aliphatic heterocycles. The van der Waals surface area contributed by atoms with Crippen LogP contribution in [0.15, 0.2) is 83.7 Å². The smallest absolute Gasteiger partial charge is 0.320 e. The number of nitrogens with zero attached hydrogens (tertiary/aromatic N) is 3. The van der Waals surface area contributed by atoms with E-state index in [0.29, 0.717) is 44.5 Å². The van der Waals surface area contributed by atoms with Crippen LogP contribution in [0.5, 0.6) is 0 Å². The Kier molecular flexibility index (Phi) is 8.57. The second-order valence-electron chi connectivity index (χ2n) is 8.68. The molecule has 4 rings (SSSR count). The fourth-order valence-corrected chi connectivity index (χ4v) is 4.27. The molecule has 1 aromatic heterocycles. The van der Waals surface area contributed by atoms with Crippen LogP contribution in [0.3, 0.4) is 0 Å². The molecule has 0 saturated carbocycles. The van der Waals surface area contributed by atoms with Gasteiger partial charge in [0.1, 0.15) is 5.82 Å². The van der Waals surface area contributed by atoms with Gasteiger partial charge in [0, 0.05) is 31.4 Å². The molecule has 0 aliphatic rings. The lowest BCUT2D eigenvalue weighted by molar-refractivity contribution is -0.144. The van der Waals surface area contributed by atoms with Crippen molar-refractivity contribution in [1.82, 2.24) is 14.7 Å². The summed E-state index contributed by atoms with van der Waals surface area (Å²) in [5, 5.41) is 6.10. The van der Waals surface area contributed by atoms with Crippen molar-refractivity contribution in [2.45, 2.75) is 32.9 Å². The average Bonchev–Trinajstić information content (AvgIpc) is 2.88. The van der Waals surface area contributed by atoms with Crippen LogP contribution in [0.1, 0.15) is 30.2 Å². The summed E-state index contributed by atoms with van der Waals surface area (Å²) in [6.07, 6.45) is 1.12. The van der Waals surface area contributed by atoms with Crippen molar-refractivity contribution in [3.05, 3.63) is 112 Å². The summed E-state index contributed by atoms with van der Waals surface area (Å²) in [6.45, 7) is 3.93. The SMILES string of the molecule is CCOC(=O)CN(CCCn1nc(Cc2ccc(F)cc2)c2ccccc2c1=O)Cc1ccccc1. The zero-order chi connectivity index (χ0) is 25.3. The lowest BCUT2D eigenvalue weighted by Crippen LogP contribution is -2.33. The fourth-order valence-electron chi connectivity index (χ4n) is 4.27. The molecule has 0 amide bonds. The summed E-state index contributed by atoms with van der Waals surface area (Å²) in [5.41, 5.74) is 2.64. The zero-order valence-corrected chi connectivity index (χ0v) is 20.4. The van der Waals surface area contributed by atoms with Crippen molar-refractivity contribution in [2.75, 3.05) is 19.7 Å². The Bertz CT molecular complexity index is 1350. The Balaban J connectivity index is 1.52. The maximum absolute atomic E-state index is 13.4. The normalized spacial score (nSPS) is 11.2. The van der Waals surface area contributed by atoms with Gasteiger partial charge in [0.2, 0.25) is 0 Å². The van der Waals surface area contributed by atoms with E-state index in [-0.39, 0.29) is 23.9 Å². The van der Waals surface area contributed by atoms with E-state index in [1.54, 1.807) is 19.1 Å². The summed E-state index contributed by atoms with van der Waals surface area (Å²) in [6, 6.07) is 23.7. The van der Waals surface area contributed by atoms with Crippen molar-refractivity contribution in [1.29, 1.82) is 0 Å². The van der Waals surface area contributed by atoms with Crippen LogP contribution in [0.2, 0.25) is 0 Å². The summed E-state index contributed by atoms with van der Waals surface area (Å²) in [7, 11) is 0. The zero-order valence-electron chi connectivity index (χ0n) is 20.4. The van der Waals surface area contributed by atoms with E-state index in [9.17, 15) is 14.0 Å². The number of benzene rings is 3. The number of hydrogen-bond acceptors (Lipinski definition) is 5. The minimum atomic E-state index is -0.288. The number of halogens is 1. The number of esters is 1. The van der Waals surface area contributed by atoms with Crippen LogP contribution < -0.4 is 5.56 Å². The highest BCUT2D eigenvalue weighted by atomic mass is 19.1. The molecule has 0 bridgehead atoms. The highest BCUT2D eigenvalue weighted by Gasteiger charge is 2.14. The molecule has 7 heteroatoms. The summed E-state index contributed by atoms with van der Waals surface area (Å²) in [5.74, 6) is -0.555. The van der Waals surface area contributed by atoms with Gasteiger partial charge in [0.25, 0.3) is 5.56 Å². The number of hydrogen-bond donors (Lipinski definition) is 0. The average molecular weight is 488 g/mol. The molecule has 0 spiro atoms. The third kappa shape index (κ3) is 6.64. The molecule has 186 valence electrons. The Morgan fingerprint density at radius 1 is 0.944 bits per heavy atom. The van der Waals surface area contributed by atoms with Crippen LogP contribution in [0.4, 0.5) is 4.39 Å². The molecule has 0 saturated heterocycles. The first kappa shape index (κ1) is 25.3. The molecule has 0 radical (unpaired) electrons. The van der Waals surface area contributed by atoms with Gasteiger partial charge in [0.15, 0.2) is 0 Å². The molecule has 0 N–H and O–H groups in total. The predicted molar refractivity (Wildman–Crippen MR) is 138 cm³/mol. The maximum Gasteiger partial charge on any atom is 0.320 e. The number of aryl methyl sites for hydroxylation is 1. The number of carbonyl (C=O) groups is 1. The van der Waals surface area contributed by atoms with Gasteiger partial charge in [-0.05, 0) is 42.7 Å². The van der Waals surface area contributed by atoms with Crippen LogP contribution in [-0.4, -0.2) is 40.3 Å². The number of carbonyl (C=O) groups excluding carboxylic acids is 1. The van der Waals surface area contributed by atoms with E-state index >= 15 is 0 Å². The third-order valence-electron chi connectivity index (χ3n) is 5.98. The number of ether oxygens (including phenoxy) is 1.